The van der Waals surface area contributed by atoms with Gasteiger partial charge in [0.2, 0.25) is 12.1 Å². The largest absolute Gasteiger partial charge is 0.394 e. The molecule has 6 N–H and O–H groups in total. The number of hydrogen-bond donors (Lipinski definition) is 6. The summed E-state index contributed by atoms with van der Waals surface area (Å²) in [7, 11) is 0. The molecule has 4 fully saturated rings. The van der Waals surface area contributed by atoms with Gasteiger partial charge in [0.25, 0.3) is 0 Å². The minimum Gasteiger partial charge on any atom is -0.394 e. The van der Waals surface area contributed by atoms with Crippen LogP contribution in [-0.2, 0) is 23.7 Å². The maximum absolute atomic E-state index is 10.7. The summed E-state index contributed by atoms with van der Waals surface area (Å²) >= 11 is 0. The van der Waals surface area contributed by atoms with E-state index < -0.39 is 74.3 Å². The van der Waals surface area contributed by atoms with Gasteiger partial charge in [0.05, 0.1) is 13.2 Å². The fraction of sp³-hybridized carbons (Fsp3) is 1.00. The first kappa shape index (κ1) is 26.6. The monoisotopic (exact) mass is 492 g/mol. The van der Waals surface area contributed by atoms with Crippen LogP contribution in [0.25, 0.3) is 0 Å². The molecule has 3 heterocycles. The highest BCUT2D eigenvalue weighted by Gasteiger charge is 2.71. The Morgan fingerprint density at radius 1 is 0.824 bits per heavy atom. The van der Waals surface area contributed by atoms with E-state index in [9.17, 15) is 30.6 Å². The first-order valence-corrected chi connectivity index (χ1v) is 12.6. The Morgan fingerprint density at radius 3 is 2.26 bits per heavy atom. The van der Waals surface area contributed by atoms with E-state index in [1.807, 2.05) is 0 Å². The molecule has 0 bridgehead atoms. The van der Waals surface area contributed by atoms with Gasteiger partial charge in [-0.25, -0.2) is 0 Å². The SMILES string of the molecule is OC[C@H]1O[C@@H](OCCCCCC2CCCCC2)[C@H](O)[C@@H](O)C1O[C@H]1O[C@H](CO)[C@@H](O)[C@@H]2O[C@]12O. The van der Waals surface area contributed by atoms with Gasteiger partial charge in [-0.15, -0.1) is 0 Å². The quantitative estimate of drug-likeness (QED) is 0.157. The van der Waals surface area contributed by atoms with Crippen LogP contribution < -0.4 is 0 Å². The lowest BCUT2D eigenvalue weighted by atomic mass is 9.86. The molecule has 0 aromatic carbocycles. The van der Waals surface area contributed by atoms with Crippen molar-refractivity contribution in [2.45, 2.75) is 119 Å². The lowest BCUT2D eigenvalue weighted by Gasteiger charge is -2.44. The molecule has 0 radical (unpaired) electrons. The molecule has 198 valence electrons. The van der Waals surface area contributed by atoms with Crippen LogP contribution in [0.4, 0.5) is 0 Å². The van der Waals surface area contributed by atoms with Crippen molar-refractivity contribution in [3.63, 3.8) is 0 Å². The van der Waals surface area contributed by atoms with Gasteiger partial charge in [-0.2, -0.15) is 0 Å². The number of aliphatic hydroxyl groups is 6. The number of ether oxygens (including phenoxy) is 5. The summed E-state index contributed by atoms with van der Waals surface area (Å²) in [5.74, 6) is -1.12. The van der Waals surface area contributed by atoms with E-state index in [2.05, 4.69) is 0 Å². The molecule has 11 nitrogen and oxygen atoms in total. The van der Waals surface area contributed by atoms with Crippen LogP contribution in [0.5, 0.6) is 0 Å². The topological polar surface area (TPSA) is 171 Å². The average molecular weight is 493 g/mol. The number of hydrogen-bond acceptors (Lipinski definition) is 11. The zero-order chi connectivity index (χ0) is 24.3. The number of unbranched alkanes of at least 4 members (excludes halogenated alkanes) is 2. The van der Waals surface area contributed by atoms with E-state index in [1.54, 1.807) is 0 Å². The predicted molar refractivity (Wildman–Crippen MR) is 115 cm³/mol. The first-order chi connectivity index (χ1) is 16.4. The van der Waals surface area contributed by atoms with Gasteiger partial charge >= 0.3 is 0 Å². The highest BCUT2D eigenvalue weighted by atomic mass is 16.8. The molecule has 4 rings (SSSR count). The normalized spacial score (nSPS) is 45.2. The molecule has 0 spiro atoms. The lowest BCUT2D eigenvalue weighted by Crippen LogP contribution is -2.63. The molecule has 4 aliphatic rings. The maximum atomic E-state index is 10.7. The van der Waals surface area contributed by atoms with Crippen LogP contribution >= 0.6 is 0 Å². The number of fused-ring (bicyclic) bond motifs is 1. The minimum atomic E-state index is -1.96. The van der Waals surface area contributed by atoms with Gasteiger partial charge in [-0.05, 0) is 12.3 Å². The second-order valence-electron chi connectivity index (χ2n) is 10.0. The van der Waals surface area contributed by atoms with Crippen LogP contribution in [0.1, 0.15) is 57.8 Å². The first-order valence-electron chi connectivity index (χ1n) is 12.6. The van der Waals surface area contributed by atoms with Gasteiger partial charge < -0.3 is 54.3 Å². The summed E-state index contributed by atoms with van der Waals surface area (Å²) in [6.45, 7) is -0.736. The maximum Gasteiger partial charge on any atom is 0.248 e. The fourth-order valence-corrected chi connectivity index (χ4v) is 5.37. The summed E-state index contributed by atoms with van der Waals surface area (Å²) in [5.41, 5.74) is 0. The highest BCUT2D eigenvalue weighted by molar-refractivity contribution is 5.07. The van der Waals surface area contributed by atoms with E-state index in [-0.39, 0.29) is 0 Å². The van der Waals surface area contributed by atoms with Gasteiger partial charge in [-0.1, -0.05) is 51.4 Å². The summed E-state index contributed by atoms with van der Waals surface area (Å²) in [6.07, 6.45) is -0.365. The van der Waals surface area contributed by atoms with E-state index in [0.29, 0.717) is 6.61 Å². The third kappa shape index (κ3) is 5.76. The lowest BCUT2D eigenvalue weighted by molar-refractivity contribution is -0.354. The molecule has 0 amide bonds. The van der Waals surface area contributed by atoms with E-state index >= 15 is 0 Å². The fourth-order valence-electron chi connectivity index (χ4n) is 5.37. The number of rotatable bonds is 11. The second kappa shape index (κ2) is 11.7. The molecule has 1 unspecified atom stereocenters. The van der Waals surface area contributed by atoms with Crippen LogP contribution in [0.3, 0.4) is 0 Å². The van der Waals surface area contributed by atoms with Gasteiger partial charge in [0.15, 0.2) is 6.29 Å². The number of aliphatic hydroxyl groups excluding tert-OH is 5. The van der Waals surface area contributed by atoms with Gasteiger partial charge in [0, 0.05) is 6.61 Å². The molecule has 11 heteroatoms. The third-order valence-corrected chi connectivity index (χ3v) is 7.54. The zero-order valence-electron chi connectivity index (χ0n) is 19.5. The Morgan fingerprint density at radius 2 is 1.56 bits per heavy atom. The average Bonchev–Trinajstić information content (AvgIpc) is 3.56. The van der Waals surface area contributed by atoms with Crippen molar-refractivity contribution < 1.29 is 54.3 Å². The molecule has 0 aromatic heterocycles. The summed E-state index contributed by atoms with van der Waals surface area (Å²) in [6, 6.07) is 0. The smallest absolute Gasteiger partial charge is 0.248 e. The molecular formula is C23H40O11. The van der Waals surface area contributed by atoms with Crippen molar-refractivity contribution >= 4 is 0 Å². The molecule has 34 heavy (non-hydrogen) atoms. The standard InChI is InChI=1S/C23H40O11/c24-11-14-16(26)20-23(29,34-20)22(32-14)33-19-15(12-25)31-21(18(28)17(19)27)30-10-6-2-5-9-13-7-3-1-4-8-13/h13-22,24-29H,1-12H2/t14-,15-,16-,17-,18-,19?,20+,21-,22-,23+/m1/s1. The Hall–Kier alpha value is -0.440. The highest BCUT2D eigenvalue weighted by Crippen LogP contribution is 2.47. The van der Waals surface area contributed by atoms with Crippen LogP contribution in [0.15, 0.2) is 0 Å². The summed E-state index contributed by atoms with van der Waals surface area (Å²) in [5, 5.41) is 60.8. The Balaban J connectivity index is 1.23. The second-order valence-corrected chi connectivity index (χ2v) is 10.0. The number of epoxide rings is 1. The molecule has 3 saturated heterocycles. The Kier molecular flexibility index (Phi) is 9.19. The van der Waals surface area contributed by atoms with Crippen molar-refractivity contribution in [2.24, 2.45) is 5.92 Å². The van der Waals surface area contributed by atoms with Crippen molar-refractivity contribution in [1.82, 2.24) is 0 Å². The van der Waals surface area contributed by atoms with E-state index in [4.69, 9.17) is 23.7 Å². The Labute approximate surface area is 199 Å². The molecule has 0 aromatic rings. The van der Waals surface area contributed by atoms with Crippen molar-refractivity contribution in [3.8, 4) is 0 Å². The van der Waals surface area contributed by atoms with E-state index in [1.165, 1.54) is 38.5 Å². The molecule has 3 aliphatic heterocycles. The van der Waals surface area contributed by atoms with Gasteiger partial charge in [0.1, 0.15) is 42.7 Å². The van der Waals surface area contributed by atoms with Crippen LogP contribution in [-0.4, -0.2) is 112 Å². The summed E-state index contributed by atoms with van der Waals surface area (Å²) < 4.78 is 27.5. The Bertz CT molecular complexity index is 628. The molecular weight excluding hydrogens is 452 g/mol. The van der Waals surface area contributed by atoms with Crippen molar-refractivity contribution in [3.05, 3.63) is 0 Å². The van der Waals surface area contributed by atoms with Crippen LogP contribution in [0.2, 0.25) is 0 Å². The summed E-state index contributed by atoms with van der Waals surface area (Å²) in [4.78, 5) is 0. The van der Waals surface area contributed by atoms with Gasteiger partial charge in [-0.3, -0.25) is 0 Å². The minimum absolute atomic E-state index is 0.347. The van der Waals surface area contributed by atoms with Crippen LogP contribution in [0, 0.1) is 5.92 Å². The third-order valence-electron chi connectivity index (χ3n) is 7.54. The van der Waals surface area contributed by atoms with Crippen molar-refractivity contribution in [1.29, 1.82) is 0 Å². The van der Waals surface area contributed by atoms with Crippen molar-refractivity contribution in [2.75, 3.05) is 19.8 Å². The zero-order valence-corrected chi connectivity index (χ0v) is 19.5. The van der Waals surface area contributed by atoms with E-state index in [0.717, 1.165) is 25.2 Å². The predicted octanol–water partition coefficient (Wildman–Crippen LogP) is -0.867. The molecule has 10 atom stereocenters. The molecule has 1 saturated carbocycles. The molecule has 1 aliphatic carbocycles.